The van der Waals surface area contributed by atoms with Crippen LogP contribution in [0.1, 0.15) is 10.4 Å². The van der Waals surface area contributed by atoms with Gasteiger partial charge in [0.05, 0.1) is 11.1 Å². The monoisotopic (exact) mass is 309 g/mol. The maximum Gasteiger partial charge on any atom is 0.511 e. The number of fused-ring (bicyclic) bond motifs is 1. The molecule has 2 N–H and O–H groups in total. The van der Waals surface area contributed by atoms with E-state index in [9.17, 15) is 14.7 Å². The van der Waals surface area contributed by atoms with Crippen LogP contribution in [0.4, 0.5) is 4.79 Å². The van der Waals surface area contributed by atoms with Crippen LogP contribution in [0.5, 0.6) is 11.5 Å². The number of ether oxygens (including phenoxy) is 1. The molecule has 0 bridgehead atoms. The fraction of sp³-hybridized carbons (Fsp3) is 0. The summed E-state index contributed by atoms with van der Waals surface area (Å²) in [6.07, 6.45) is 0.532. The van der Waals surface area contributed by atoms with Gasteiger partial charge >= 0.3 is 6.16 Å². The van der Waals surface area contributed by atoms with E-state index < -0.39 is 11.9 Å². The number of phenols is 1. The Balaban J connectivity index is 2.26. The van der Waals surface area contributed by atoms with Crippen LogP contribution in [0.3, 0.4) is 0 Å². The Labute approximate surface area is 130 Å². The van der Waals surface area contributed by atoms with Crippen molar-refractivity contribution in [1.82, 2.24) is 4.98 Å². The van der Waals surface area contributed by atoms with Crippen LogP contribution in [0.25, 0.3) is 22.0 Å². The minimum atomic E-state index is -1.58. The van der Waals surface area contributed by atoms with E-state index in [0.29, 0.717) is 11.8 Å². The summed E-state index contributed by atoms with van der Waals surface area (Å²) in [6.45, 7) is 0. The normalized spacial score (nSPS) is 10.4. The van der Waals surface area contributed by atoms with Crippen molar-refractivity contribution in [2.75, 3.05) is 0 Å². The van der Waals surface area contributed by atoms with Gasteiger partial charge in [-0.3, -0.25) is 9.78 Å². The largest absolute Gasteiger partial charge is 0.511 e. The lowest BCUT2D eigenvalue weighted by Gasteiger charge is -2.11. The van der Waals surface area contributed by atoms with Gasteiger partial charge in [0, 0.05) is 11.6 Å². The highest BCUT2D eigenvalue weighted by Crippen LogP contribution is 2.37. The van der Waals surface area contributed by atoms with Crippen molar-refractivity contribution in [3.05, 3.63) is 54.2 Å². The number of hydrogen-bond acceptors (Lipinski definition) is 5. The van der Waals surface area contributed by atoms with Crippen molar-refractivity contribution in [3.63, 3.8) is 0 Å². The molecule has 0 spiro atoms. The highest BCUT2D eigenvalue weighted by Gasteiger charge is 2.15. The topological polar surface area (TPSA) is 96.7 Å². The first-order valence-corrected chi connectivity index (χ1v) is 6.67. The predicted octanol–water partition coefficient (Wildman–Crippen LogP) is 3.48. The molecule has 3 rings (SSSR count). The second-order valence-corrected chi connectivity index (χ2v) is 4.77. The summed E-state index contributed by atoms with van der Waals surface area (Å²) < 4.78 is 4.55. The molecule has 0 amide bonds. The van der Waals surface area contributed by atoms with Crippen LogP contribution in [0.2, 0.25) is 0 Å². The predicted molar refractivity (Wildman–Crippen MR) is 82.9 cm³/mol. The number of carboxylic acid groups (broad SMARTS) is 1. The average Bonchev–Trinajstić information content (AvgIpc) is 2.56. The Morgan fingerprint density at radius 1 is 1.17 bits per heavy atom. The number of pyridine rings is 1. The van der Waals surface area contributed by atoms with Gasteiger partial charge in [-0.05, 0) is 35.4 Å². The molecule has 2 aromatic carbocycles. The van der Waals surface area contributed by atoms with Crippen molar-refractivity contribution in [1.29, 1.82) is 0 Å². The molecule has 0 unspecified atom stereocenters. The van der Waals surface area contributed by atoms with Gasteiger partial charge in [-0.25, -0.2) is 4.79 Å². The third-order valence-corrected chi connectivity index (χ3v) is 3.39. The summed E-state index contributed by atoms with van der Waals surface area (Å²) in [5, 5.41) is 19.5. The molecule has 23 heavy (non-hydrogen) atoms. The number of carbonyl (C=O) groups excluding carboxylic acids is 1. The highest BCUT2D eigenvalue weighted by atomic mass is 16.7. The molecule has 0 aliphatic rings. The molecule has 0 atom stereocenters. The molecule has 114 valence electrons. The van der Waals surface area contributed by atoms with Gasteiger partial charge < -0.3 is 14.9 Å². The number of nitrogens with zero attached hydrogens (tertiary/aromatic N) is 1. The van der Waals surface area contributed by atoms with E-state index >= 15 is 0 Å². The zero-order chi connectivity index (χ0) is 16.4. The molecular weight excluding hydrogens is 298 g/mol. The van der Waals surface area contributed by atoms with Crippen LogP contribution in [0, 0.1) is 0 Å². The lowest BCUT2D eigenvalue weighted by molar-refractivity contribution is 0.111. The summed E-state index contributed by atoms with van der Waals surface area (Å²) in [5.74, 6) is -0.803. The van der Waals surface area contributed by atoms with Crippen LogP contribution >= 0.6 is 0 Å². The van der Waals surface area contributed by atoms with Crippen molar-refractivity contribution in [3.8, 4) is 22.6 Å². The van der Waals surface area contributed by atoms with Crippen LogP contribution in [0.15, 0.2) is 48.7 Å². The van der Waals surface area contributed by atoms with Crippen LogP contribution < -0.4 is 4.74 Å². The molecule has 0 radical (unpaired) electrons. The van der Waals surface area contributed by atoms with E-state index in [1.54, 1.807) is 18.3 Å². The fourth-order valence-corrected chi connectivity index (χ4v) is 2.40. The summed E-state index contributed by atoms with van der Waals surface area (Å²) in [7, 11) is 0. The molecule has 6 nitrogen and oxygen atoms in total. The molecule has 0 fully saturated rings. The lowest BCUT2D eigenvalue weighted by Crippen LogP contribution is -2.04. The number of hydrogen-bond donors (Lipinski definition) is 2. The lowest BCUT2D eigenvalue weighted by atomic mass is 9.98. The molecule has 0 saturated heterocycles. The molecule has 1 aromatic heterocycles. The molecular formula is C17H11NO5. The van der Waals surface area contributed by atoms with Crippen molar-refractivity contribution in [2.24, 2.45) is 0 Å². The maximum atomic E-state index is 11.1. The van der Waals surface area contributed by atoms with E-state index in [1.807, 2.05) is 18.2 Å². The Hall–Kier alpha value is -3.41. The summed E-state index contributed by atoms with van der Waals surface area (Å²) in [5.41, 5.74) is 1.99. The van der Waals surface area contributed by atoms with Crippen LogP contribution in [-0.4, -0.2) is 27.6 Å². The van der Waals surface area contributed by atoms with Gasteiger partial charge in [-0.15, -0.1) is 0 Å². The van der Waals surface area contributed by atoms with E-state index in [4.69, 9.17) is 5.11 Å². The third kappa shape index (κ3) is 2.69. The van der Waals surface area contributed by atoms with Crippen molar-refractivity contribution < 1.29 is 24.5 Å². The number of phenolic OH excluding ortho intramolecular Hbond substituents is 1. The number of aromatic nitrogens is 1. The van der Waals surface area contributed by atoms with Gasteiger partial charge in [0.1, 0.15) is 0 Å². The van der Waals surface area contributed by atoms with Crippen molar-refractivity contribution >= 4 is 23.3 Å². The quantitative estimate of drug-likeness (QED) is 0.437. The minimum Gasteiger partial charge on any atom is -0.504 e. The Kier molecular flexibility index (Phi) is 3.64. The summed E-state index contributed by atoms with van der Waals surface area (Å²) in [4.78, 5) is 26.1. The van der Waals surface area contributed by atoms with Crippen molar-refractivity contribution in [2.45, 2.75) is 0 Å². The standard InChI is InChI=1S/C17H11NO5/c19-9-11-7-10(8-15(16(11)20)23-17(21)22)12-3-1-5-14-13(12)4-2-6-18-14/h1-9,20H,(H,21,22). The molecule has 0 saturated carbocycles. The van der Waals surface area contributed by atoms with Gasteiger partial charge in [0.15, 0.2) is 17.8 Å². The summed E-state index contributed by atoms with van der Waals surface area (Å²) >= 11 is 0. The SMILES string of the molecule is O=Cc1cc(-c2cccc3ncccc23)cc(OC(=O)O)c1O. The first kappa shape index (κ1) is 14.5. The van der Waals surface area contributed by atoms with E-state index in [1.165, 1.54) is 12.1 Å². The number of rotatable bonds is 3. The summed E-state index contributed by atoms with van der Waals surface area (Å²) in [6, 6.07) is 11.9. The van der Waals surface area contributed by atoms with Gasteiger partial charge in [0.2, 0.25) is 0 Å². The van der Waals surface area contributed by atoms with Gasteiger partial charge in [-0.1, -0.05) is 18.2 Å². The Morgan fingerprint density at radius 3 is 2.74 bits per heavy atom. The molecule has 6 heteroatoms. The average molecular weight is 309 g/mol. The van der Waals surface area contributed by atoms with Gasteiger partial charge in [-0.2, -0.15) is 0 Å². The zero-order valence-electron chi connectivity index (χ0n) is 11.8. The molecule has 3 aromatic rings. The number of aldehydes is 1. The highest BCUT2D eigenvalue weighted by molar-refractivity contribution is 5.96. The minimum absolute atomic E-state index is 0.0559. The van der Waals surface area contributed by atoms with E-state index in [0.717, 1.165) is 16.5 Å². The van der Waals surface area contributed by atoms with E-state index in [2.05, 4.69) is 9.72 Å². The first-order valence-electron chi connectivity index (χ1n) is 6.67. The van der Waals surface area contributed by atoms with E-state index in [-0.39, 0.29) is 11.3 Å². The number of benzene rings is 2. The van der Waals surface area contributed by atoms with Crippen LogP contribution in [-0.2, 0) is 0 Å². The van der Waals surface area contributed by atoms with Gasteiger partial charge in [0.25, 0.3) is 0 Å². The Morgan fingerprint density at radius 2 is 2.00 bits per heavy atom. The maximum absolute atomic E-state index is 11.1. The number of aromatic hydroxyl groups is 1. The Bertz CT molecular complexity index is 915. The molecule has 0 aliphatic heterocycles. The zero-order valence-corrected chi connectivity index (χ0v) is 11.8. The smallest absolute Gasteiger partial charge is 0.504 e. The fourth-order valence-electron chi connectivity index (χ4n) is 2.40. The third-order valence-electron chi connectivity index (χ3n) is 3.39. The first-order chi connectivity index (χ1) is 11.1. The number of carbonyl (C=O) groups is 2. The molecule has 1 heterocycles. The second-order valence-electron chi connectivity index (χ2n) is 4.77. The second kappa shape index (κ2) is 5.76. The molecule has 0 aliphatic carbocycles.